The Kier molecular flexibility index (Phi) is 2.86. The Bertz CT molecular complexity index is 225. The first-order valence-corrected chi connectivity index (χ1v) is 3.12. The molecule has 0 aliphatic heterocycles. The van der Waals surface area contributed by atoms with Gasteiger partial charge in [-0.1, -0.05) is 0 Å². The molecular weight excluding hydrogens is 147 g/mol. The second kappa shape index (κ2) is 3.93. The van der Waals surface area contributed by atoms with Gasteiger partial charge in [-0.3, -0.25) is 0 Å². The second-order valence-corrected chi connectivity index (χ2v) is 1.92. The van der Waals surface area contributed by atoms with Gasteiger partial charge in [0.25, 0.3) is 0 Å². The van der Waals surface area contributed by atoms with E-state index in [1.807, 2.05) is 0 Å². The molecule has 1 rings (SSSR count). The largest absolute Gasteiger partial charge is 0.467 e. The third-order valence-electron chi connectivity index (χ3n) is 1.08. The van der Waals surface area contributed by atoms with E-state index < -0.39 is 5.82 Å². The lowest BCUT2D eigenvalue weighted by atomic mass is 10.3. The molecule has 0 bridgehead atoms. The molecule has 1 radical (unpaired) electrons. The number of halogens is 1. The highest BCUT2D eigenvalue weighted by Gasteiger charge is 1.93. The maximum atomic E-state index is 12.4. The average molecular weight is 155 g/mol. The molecule has 1 aromatic rings. The Hall–Kier alpha value is -1.09. The van der Waals surface area contributed by atoms with E-state index in [-0.39, 0.29) is 6.79 Å². The molecule has 3 heteroatoms. The van der Waals surface area contributed by atoms with E-state index in [2.05, 4.69) is 10.8 Å². The molecular formula is C8H8FO2. The van der Waals surface area contributed by atoms with Crippen LogP contribution in [-0.4, -0.2) is 13.9 Å². The number of hydrogen-bond donors (Lipinski definition) is 0. The third kappa shape index (κ3) is 2.55. The number of hydrogen-bond acceptors (Lipinski definition) is 2. The minimum absolute atomic E-state index is 0.128. The van der Waals surface area contributed by atoms with Crippen LogP contribution in [0.2, 0.25) is 0 Å². The van der Waals surface area contributed by atoms with E-state index in [0.717, 1.165) is 0 Å². The predicted octanol–water partition coefficient (Wildman–Crippen LogP) is 1.61. The summed E-state index contributed by atoms with van der Waals surface area (Å²) in [5.41, 5.74) is 0. The number of ether oxygens (including phenoxy) is 2. The number of benzene rings is 1. The Morgan fingerprint density at radius 2 is 2.45 bits per heavy atom. The van der Waals surface area contributed by atoms with Gasteiger partial charge in [0.05, 0.1) is 0 Å². The van der Waals surface area contributed by atoms with Crippen molar-refractivity contribution in [1.29, 1.82) is 0 Å². The molecule has 0 aliphatic carbocycles. The lowest BCUT2D eigenvalue weighted by molar-refractivity contribution is 0.0509. The van der Waals surface area contributed by atoms with Crippen molar-refractivity contribution in [3.63, 3.8) is 0 Å². The Morgan fingerprint density at radius 3 is 3.09 bits per heavy atom. The molecule has 0 spiro atoms. The minimum atomic E-state index is -0.432. The van der Waals surface area contributed by atoms with Gasteiger partial charge in [-0.25, -0.2) is 4.39 Å². The fourth-order valence-corrected chi connectivity index (χ4v) is 0.635. The van der Waals surface area contributed by atoms with Crippen molar-refractivity contribution >= 4 is 0 Å². The maximum Gasteiger partial charge on any atom is 0.188 e. The molecule has 59 valence electrons. The summed E-state index contributed by atoms with van der Waals surface area (Å²) in [5.74, 6) is 0.0155. The predicted molar refractivity (Wildman–Crippen MR) is 37.7 cm³/mol. The van der Waals surface area contributed by atoms with Crippen LogP contribution in [0.25, 0.3) is 0 Å². The van der Waals surface area contributed by atoms with Gasteiger partial charge < -0.3 is 9.47 Å². The molecule has 0 N–H and O–H groups in total. The first-order chi connectivity index (χ1) is 5.33. The van der Waals surface area contributed by atoms with E-state index in [1.165, 1.54) is 19.2 Å². The standard InChI is InChI=1S/C8H8FO2/c1-10-6-11-8-4-2-3-7(9)5-8/h2,4-5H,6H2,1H3. The van der Waals surface area contributed by atoms with Gasteiger partial charge in [-0.2, -0.15) is 0 Å². The summed E-state index contributed by atoms with van der Waals surface area (Å²) in [7, 11) is 1.51. The van der Waals surface area contributed by atoms with Crippen LogP contribution in [0.3, 0.4) is 0 Å². The SMILES string of the molecule is COCOc1cc[c]c(F)c1. The summed E-state index contributed by atoms with van der Waals surface area (Å²) < 4.78 is 22.0. The monoisotopic (exact) mass is 155 g/mol. The van der Waals surface area contributed by atoms with Crippen molar-refractivity contribution < 1.29 is 13.9 Å². The third-order valence-corrected chi connectivity index (χ3v) is 1.08. The molecule has 0 saturated heterocycles. The summed E-state index contributed by atoms with van der Waals surface area (Å²) in [6.07, 6.45) is 0. The Labute approximate surface area is 64.6 Å². The van der Waals surface area contributed by atoms with Gasteiger partial charge >= 0.3 is 0 Å². The van der Waals surface area contributed by atoms with Crippen LogP contribution in [0.4, 0.5) is 4.39 Å². The molecule has 2 nitrogen and oxygen atoms in total. The lowest BCUT2D eigenvalue weighted by Crippen LogP contribution is -1.98. The highest BCUT2D eigenvalue weighted by molar-refractivity contribution is 5.21. The van der Waals surface area contributed by atoms with Crippen molar-refractivity contribution in [3.8, 4) is 5.75 Å². The zero-order chi connectivity index (χ0) is 8.10. The van der Waals surface area contributed by atoms with E-state index in [9.17, 15) is 4.39 Å². The summed E-state index contributed by atoms with van der Waals surface area (Å²) in [6.45, 7) is 0.128. The Morgan fingerprint density at radius 1 is 1.64 bits per heavy atom. The van der Waals surface area contributed by atoms with Crippen LogP contribution in [-0.2, 0) is 4.74 Å². The Balaban J connectivity index is 2.56. The number of methoxy groups -OCH3 is 1. The van der Waals surface area contributed by atoms with Crippen molar-refractivity contribution in [2.24, 2.45) is 0 Å². The van der Waals surface area contributed by atoms with Crippen LogP contribution in [0, 0.1) is 11.9 Å². The highest BCUT2D eigenvalue weighted by atomic mass is 19.1. The highest BCUT2D eigenvalue weighted by Crippen LogP contribution is 2.10. The quantitative estimate of drug-likeness (QED) is 0.617. The van der Waals surface area contributed by atoms with Crippen LogP contribution >= 0.6 is 0 Å². The molecule has 0 aliphatic rings. The number of rotatable bonds is 3. The van der Waals surface area contributed by atoms with Gasteiger partial charge in [-0.05, 0) is 12.1 Å². The summed E-state index contributed by atoms with van der Waals surface area (Å²) in [5, 5.41) is 0. The van der Waals surface area contributed by atoms with Crippen molar-refractivity contribution in [2.75, 3.05) is 13.9 Å². The molecule has 0 unspecified atom stereocenters. The van der Waals surface area contributed by atoms with Crippen LogP contribution in [0.1, 0.15) is 0 Å². The first kappa shape index (κ1) is 8.01. The maximum absolute atomic E-state index is 12.4. The lowest BCUT2D eigenvalue weighted by Gasteiger charge is -2.02. The normalized spacial score (nSPS) is 9.64. The van der Waals surface area contributed by atoms with E-state index in [0.29, 0.717) is 5.75 Å². The van der Waals surface area contributed by atoms with E-state index >= 15 is 0 Å². The van der Waals surface area contributed by atoms with Crippen LogP contribution < -0.4 is 4.74 Å². The van der Waals surface area contributed by atoms with Crippen LogP contribution in [0.5, 0.6) is 5.75 Å². The van der Waals surface area contributed by atoms with E-state index in [1.54, 1.807) is 6.07 Å². The summed E-state index contributed by atoms with van der Waals surface area (Å²) >= 11 is 0. The average Bonchev–Trinajstić information content (AvgIpc) is 2.01. The van der Waals surface area contributed by atoms with Crippen molar-refractivity contribution in [3.05, 3.63) is 30.1 Å². The van der Waals surface area contributed by atoms with Gasteiger partial charge in [0.15, 0.2) is 6.79 Å². The van der Waals surface area contributed by atoms with Gasteiger partial charge in [-0.15, -0.1) is 0 Å². The molecule has 0 aromatic heterocycles. The molecule has 0 atom stereocenters. The van der Waals surface area contributed by atoms with Gasteiger partial charge in [0, 0.05) is 19.2 Å². The fraction of sp³-hybridized carbons (Fsp3) is 0.250. The molecule has 0 fully saturated rings. The summed E-state index contributed by atoms with van der Waals surface area (Å²) in [6, 6.07) is 6.68. The van der Waals surface area contributed by atoms with Crippen LogP contribution in [0.15, 0.2) is 18.2 Å². The topological polar surface area (TPSA) is 18.5 Å². The first-order valence-electron chi connectivity index (χ1n) is 3.12. The molecule has 0 heterocycles. The smallest absolute Gasteiger partial charge is 0.188 e. The van der Waals surface area contributed by atoms with Gasteiger partial charge in [0.2, 0.25) is 0 Å². The van der Waals surface area contributed by atoms with Crippen molar-refractivity contribution in [1.82, 2.24) is 0 Å². The molecule has 0 amide bonds. The summed E-state index contributed by atoms with van der Waals surface area (Å²) in [4.78, 5) is 0. The fourth-order valence-electron chi connectivity index (χ4n) is 0.635. The second-order valence-electron chi connectivity index (χ2n) is 1.92. The molecule has 1 aromatic carbocycles. The molecule has 11 heavy (non-hydrogen) atoms. The van der Waals surface area contributed by atoms with Crippen molar-refractivity contribution in [2.45, 2.75) is 0 Å². The van der Waals surface area contributed by atoms with Gasteiger partial charge in [0.1, 0.15) is 11.6 Å². The zero-order valence-electron chi connectivity index (χ0n) is 6.13. The zero-order valence-corrected chi connectivity index (χ0v) is 6.13. The van der Waals surface area contributed by atoms with E-state index in [4.69, 9.17) is 4.74 Å². The molecule has 0 saturated carbocycles. The minimum Gasteiger partial charge on any atom is -0.467 e.